The van der Waals surface area contributed by atoms with Crippen molar-refractivity contribution in [2.75, 3.05) is 0 Å². The molecule has 2 nitrogen and oxygen atoms in total. The molecule has 0 radical (unpaired) electrons. The van der Waals surface area contributed by atoms with Gasteiger partial charge >= 0.3 is 0 Å². The number of aliphatic hydroxyl groups excluding tert-OH is 2. The molecule has 2 aliphatic carbocycles. The fourth-order valence-electron chi connectivity index (χ4n) is 9.01. The van der Waals surface area contributed by atoms with Crippen LogP contribution in [0.15, 0.2) is 24.3 Å². The second-order valence-electron chi connectivity index (χ2n) is 17.3. The topological polar surface area (TPSA) is 40.5 Å². The molecule has 0 aromatic rings. The van der Waals surface area contributed by atoms with E-state index in [1.54, 1.807) is 0 Å². The first-order valence-corrected chi connectivity index (χ1v) is 18.3. The summed E-state index contributed by atoms with van der Waals surface area (Å²) < 4.78 is 0. The molecule has 0 unspecified atom stereocenters. The zero-order valence-electron chi connectivity index (χ0n) is 29.9. The van der Waals surface area contributed by atoms with E-state index in [1.807, 2.05) is 0 Å². The summed E-state index contributed by atoms with van der Waals surface area (Å²) in [6.45, 7) is 23.8. The molecule has 2 N–H and O–H groups in total. The molecule has 2 saturated carbocycles. The molecule has 2 heteroatoms. The van der Waals surface area contributed by atoms with Gasteiger partial charge in [0.2, 0.25) is 0 Å². The Hall–Kier alpha value is -0.600. The van der Waals surface area contributed by atoms with Crippen molar-refractivity contribution in [1.82, 2.24) is 0 Å². The molecule has 0 saturated heterocycles. The summed E-state index contributed by atoms with van der Waals surface area (Å²) in [5, 5.41) is 20.4. The Morgan fingerprint density at radius 3 is 1.71 bits per heavy atom. The summed E-state index contributed by atoms with van der Waals surface area (Å²) in [6, 6.07) is 0. The van der Waals surface area contributed by atoms with Gasteiger partial charge in [0.05, 0.1) is 12.2 Å². The van der Waals surface area contributed by atoms with E-state index >= 15 is 0 Å². The van der Waals surface area contributed by atoms with Gasteiger partial charge in [-0.3, -0.25) is 0 Å². The van der Waals surface area contributed by atoms with Crippen molar-refractivity contribution >= 4 is 0 Å². The van der Waals surface area contributed by atoms with Crippen LogP contribution in [-0.4, -0.2) is 22.4 Å². The van der Waals surface area contributed by atoms with Crippen LogP contribution in [0.2, 0.25) is 0 Å². The Kier molecular flexibility index (Phi) is 15.9. The molecule has 2 aliphatic rings. The van der Waals surface area contributed by atoms with Crippen LogP contribution in [0, 0.1) is 58.2 Å². The predicted molar refractivity (Wildman–Crippen MR) is 184 cm³/mol. The quantitative estimate of drug-likeness (QED) is 0.166. The monoisotopic (exact) mass is 587 g/mol. The first-order chi connectivity index (χ1) is 19.6. The highest BCUT2D eigenvalue weighted by Crippen LogP contribution is 2.47. The Labute approximate surface area is 263 Å². The minimum Gasteiger partial charge on any atom is -0.393 e. The smallest absolute Gasteiger partial charge is 0.0548 e. The average molecular weight is 587 g/mol. The van der Waals surface area contributed by atoms with Crippen molar-refractivity contribution in [3.8, 4) is 0 Å². The van der Waals surface area contributed by atoms with Gasteiger partial charge in [0.1, 0.15) is 0 Å². The van der Waals surface area contributed by atoms with Gasteiger partial charge in [0.15, 0.2) is 0 Å². The minimum atomic E-state index is -0.124. The van der Waals surface area contributed by atoms with Crippen molar-refractivity contribution in [3.05, 3.63) is 24.3 Å². The van der Waals surface area contributed by atoms with Crippen LogP contribution < -0.4 is 0 Å². The minimum absolute atomic E-state index is 0.0926. The van der Waals surface area contributed by atoms with Crippen molar-refractivity contribution in [2.45, 2.75) is 171 Å². The second-order valence-corrected chi connectivity index (χ2v) is 17.3. The van der Waals surface area contributed by atoms with E-state index < -0.39 is 0 Å². The van der Waals surface area contributed by atoms with Crippen LogP contribution in [0.3, 0.4) is 0 Å². The normalized spacial score (nSPS) is 32.7. The SMILES string of the molecule is C[C@H](CCC[C@H](C)C/C=C/C[C@H](C)CCC[C@H](C)/C=C/[C@@H]1[C@@H](C)C[C@@H](O)CC1(C)C)CC[C@H]1[C@H](C)C[C@@H](O)CC1(C)C. The summed E-state index contributed by atoms with van der Waals surface area (Å²) in [6.07, 6.45) is 26.6. The molecule has 10 atom stereocenters. The van der Waals surface area contributed by atoms with Crippen molar-refractivity contribution in [2.24, 2.45) is 58.2 Å². The van der Waals surface area contributed by atoms with E-state index in [0.29, 0.717) is 23.7 Å². The summed E-state index contributed by atoms with van der Waals surface area (Å²) in [4.78, 5) is 0. The Bertz CT molecular complexity index is 793. The molecule has 0 heterocycles. The lowest BCUT2D eigenvalue weighted by Gasteiger charge is -2.45. The standard InChI is InChI=1S/C40H74O2/c1-29(17-13-19-31(3)21-23-37-33(5)25-35(41)27-39(37,7)8)15-11-12-16-30(2)18-14-20-32(4)22-24-38-34(6)26-36(42)28-40(38,9)10/h11-12,21,23,29-38,41-42H,13-20,22,24-28H2,1-10H3/b12-11+,23-21+/t29-,30+,31-,32+,33-,34+,35+,36+,37+,38-/m0/s1. The number of hydrogen-bond acceptors (Lipinski definition) is 2. The molecule has 0 amide bonds. The van der Waals surface area contributed by atoms with Crippen LogP contribution >= 0.6 is 0 Å². The van der Waals surface area contributed by atoms with Crippen LogP contribution in [-0.2, 0) is 0 Å². The third-order valence-electron chi connectivity index (χ3n) is 11.6. The van der Waals surface area contributed by atoms with E-state index in [2.05, 4.69) is 93.5 Å². The number of allylic oxidation sites excluding steroid dienone is 4. The molecule has 0 spiro atoms. The first kappa shape index (κ1) is 37.6. The maximum absolute atomic E-state index is 10.2. The maximum Gasteiger partial charge on any atom is 0.0548 e. The molecule has 246 valence electrons. The van der Waals surface area contributed by atoms with Crippen LogP contribution in [0.5, 0.6) is 0 Å². The first-order valence-electron chi connectivity index (χ1n) is 18.3. The average Bonchev–Trinajstić information content (AvgIpc) is 2.84. The molecular weight excluding hydrogens is 512 g/mol. The van der Waals surface area contributed by atoms with Gasteiger partial charge in [-0.15, -0.1) is 0 Å². The van der Waals surface area contributed by atoms with E-state index in [1.165, 1.54) is 64.2 Å². The number of rotatable bonds is 17. The summed E-state index contributed by atoms with van der Waals surface area (Å²) in [5.74, 6) is 5.57. The molecular formula is C40H74O2. The van der Waals surface area contributed by atoms with Gasteiger partial charge in [-0.05, 0) is 110 Å². The molecule has 2 rings (SSSR count). The summed E-state index contributed by atoms with van der Waals surface area (Å²) in [7, 11) is 0. The summed E-state index contributed by atoms with van der Waals surface area (Å²) in [5.41, 5.74) is 0.476. The lowest BCUT2D eigenvalue weighted by Crippen LogP contribution is -2.40. The van der Waals surface area contributed by atoms with E-state index in [-0.39, 0.29) is 23.0 Å². The molecule has 42 heavy (non-hydrogen) atoms. The van der Waals surface area contributed by atoms with E-state index in [9.17, 15) is 10.2 Å². The van der Waals surface area contributed by atoms with Crippen molar-refractivity contribution < 1.29 is 10.2 Å². The van der Waals surface area contributed by atoms with E-state index in [4.69, 9.17) is 0 Å². The Balaban J connectivity index is 1.55. The number of hydrogen-bond donors (Lipinski definition) is 2. The van der Waals surface area contributed by atoms with Crippen LogP contribution in [0.25, 0.3) is 0 Å². The predicted octanol–water partition coefficient (Wildman–Crippen LogP) is 11.4. The number of aliphatic hydroxyl groups is 2. The van der Waals surface area contributed by atoms with Crippen molar-refractivity contribution in [1.29, 1.82) is 0 Å². The van der Waals surface area contributed by atoms with Crippen molar-refractivity contribution in [3.63, 3.8) is 0 Å². The molecule has 0 bridgehead atoms. The lowest BCUT2D eigenvalue weighted by atomic mass is 9.61. The largest absolute Gasteiger partial charge is 0.393 e. The maximum atomic E-state index is 10.2. The zero-order chi connectivity index (χ0) is 31.5. The second kappa shape index (κ2) is 17.8. The van der Waals surface area contributed by atoms with Gasteiger partial charge in [0, 0.05) is 0 Å². The van der Waals surface area contributed by atoms with Gasteiger partial charge in [-0.1, -0.05) is 132 Å². The molecule has 0 aromatic heterocycles. The van der Waals surface area contributed by atoms with Crippen LogP contribution in [0.1, 0.15) is 159 Å². The van der Waals surface area contributed by atoms with Gasteiger partial charge in [-0.25, -0.2) is 0 Å². The van der Waals surface area contributed by atoms with Gasteiger partial charge in [0.25, 0.3) is 0 Å². The van der Waals surface area contributed by atoms with E-state index in [0.717, 1.165) is 49.4 Å². The fraction of sp³-hybridized carbons (Fsp3) is 0.900. The highest BCUT2D eigenvalue weighted by atomic mass is 16.3. The summed E-state index contributed by atoms with van der Waals surface area (Å²) >= 11 is 0. The third kappa shape index (κ3) is 13.2. The fourth-order valence-corrected chi connectivity index (χ4v) is 9.01. The lowest BCUT2D eigenvalue weighted by molar-refractivity contribution is -0.0174. The molecule has 0 aromatic carbocycles. The third-order valence-corrected chi connectivity index (χ3v) is 11.6. The van der Waals surface area contributed by atoms with Gasteiger partial charge in [-0.2, -0.15) is 0 Å². The molecule has 2 fully saturated rings. The molecule has 0 aliphatic heterocycles. The zero-order valence-corrected chi connectivity index (χ0v) is 29.9. The Morgan fingerprint density at radius 1 is 0.667 bits per heavy atom. The van der Waals surface area contributed by atoms with Gasteiger partial charge < -0.3 is 10.2 Å². The van der Waals surface area contributed by atoms with Crippen LogP contribution in [0.4, 0.5) is 0 Å². The highest BCUT2D eigenvalue weighted by molar-refractivity contribution is 5.03. The Morgan fingerprint density at radius 2 is 1.17 bits per heavy atom. The highest BCUT2D eigenvalue weighted by Gasteiger charge is 2.40.